The Morgan fingerprint density at radius 1 is 1.14 bits per heavy atom. The van der Waals surface area contributed by atoms with E-state index in [1.165, 1.54) is 16.7 Å². The molecule has 0 radical (unpaired) electrons. The maximum absolute atomic E-state index is 3.82. The van der Waals surface area contributed by atoms with Crippen molar-refractivity contribution in [1.29, 1.82) is 0 Å². The quantitative estimate of drug-likeness (QED) is 0.597. The van der Waals surface area contributed by atoms with Crippen LogP contribution in [0.1, 0.15) is 46.8 Å². The van der Waals surface area contributed by atoms with Crippen molar-refractivity contribution in [2.24, 2.45) is 5.92 Å². The predicted octanol–water partition coefficient (Wildman–Crippen LogP) is 4.49. The van der Waals surface area contributed by atoms with Gasteiger partial charge in [0, 0.05) is 4.83 Å². The number of fused-ring (bicyclic) bond motifs is 1. The molecule has 14 heavy (non-hydrogen) atoms. The van der Waals surface area contributed by atoms with Gasteiger partial charge in [-0.2, -0.15) is 0 Å². The first-order chi connectivity index (χ1) is 6.52. The maximum atomic E-state index is 3.82. The monoisotopic (exact) mass is 252 g/mol. The highest BCUT2D eigenvalue weighted by Gasteiger charge is 2.34. The lowest BCUT2D eigenvalue weighted by atomic mass is 9.95. The second kappa shape index (κ2) is 3.37. The Hall–Kier alpha value is -0.300. The van der Waals surface area contributed by atoms with E-state index in [1.807, 2.05) is 0 Å². The molecule has 3 unspecified atom stereocenters. The van der Waals surface area contributed by atoms with Gasteiger partial charge in [0.1, 0.15) is 0 Å². The average molecular weight is 253 g/mol. The molecule has 0 fully saturated rings. The predicted molar refractivity (Wildman–Crippen MR) is 65.2 cm³/mol. The van der Waals surface area contributed by atoms with Crippen molar-refractivity contribution in [1.82, 2.24) is 0 Å². The second-order valence-corrected chi connectivity index (χ2v) is 5.62. The van der Waals surface area contributed by atoms with Gasteiger partial charge in [-0.1, -0.05) is 47.5 Å². The van der Waals surface area contributed by atoms with Crippen LogP contribution in [0.15, 0.2) is 12.1 Å². The number of hydrogen-bond acceptors (Lipinski definition) is 0. The van der Waals surface area contributed by atoms with Crippen molar-refractivity contribution in [3.63, 3.8) is 0 Å². The maximum Gasteiger partial charge on any atom is 0.0432 e. The zero-order chi connectivity index (χ0) is 10.5. The zero-order valence-electron chi connectivity index (χ0n) is 9.26. The standard InChI is InChI=1S/C13H17Br/c1-7-5-8(2)12-11(6-7)9(3)10(4)13(12)14/h5-6,9-10,13H,1-4H3. The molecule has 0 bridgehead atoms. The summed E-state index contributed by atoms with van der Waals surface area (Å²) < 4.78 is 0. The van der Waals surface area contributed by atoms with E-state index < -0.39 is 0 Å². The first-order valence-electron chi connectivity index (χ1n) is 5.27. The third kappa shape index (κ3) is 1.33. The SMILES string of the molecule is Cc1cc(C)c2c(c1)C(C)C(C)C2Br. The van der Waals surface area contributed by atoms with Crippen LogP contribution in [-0.4, -0.2) is 0 Å². The van der Waals surface area contributed by atoms with Gasteiger partial charge in [-0.15, -0.1) is 0 Å². The average Bonchev–Trinajstić information content (AvgIpc) is 2.31. The molecule has 1 aliphatic rings. The van der Waals surface area contributed by atoms with Crippen molar-refractivity contribution in [3.05, 3.63) is 34.4 Å². The Morgan fingerprint density at radius 2 is 1.79 bits per heavy atom. The van der Waals surface area contributed by atoms with Crippen molar-refractivity contribution >= 4 is 15.9 Å². The summed E-state index contributed by atoms with van der Waals surface area (Å²) in [5.41, 5.74) is 5.92. The van der Waals surface area contributed by atoms with Gasteiger partial charge >= 0.3 is 0 Å². The summed E-state index contributed by atoms with van der Waals surface area (Å²) >= 11 is 3.82. The lowest BCUT2D eigenvalue weighted by molar-refractivity contribution is 0.528. The largest absolute Gasteiger partial charge is 0.0835 e. The molecule has 1 heteroatoms. The molecular weight excluding hydrogens is 236 g/mol. The third-order valence-electron chi connectivity index (χ3n) is 3.58. The molecule has 0 aromatic heterocycles. The fourth-order valence-electron chi connectivity index (χ4n) is 2.56. The molecule has 0 heterocycles. The summed E-state index contributed by atoms with van der Waals surface area (Å²) in [6.45, 7) is 9.08. The van der Waals surface area contributed by atoms with Gasteiger partial charge in [-0.05, 0) is 42.4 Å². The van der Waals surface area contributed by atoms with Gasteiger partial charge in [0.05, 0.1) is 0 Å². The van der Waals surface area contributed by atoms with Crippen LogP contribution >= 0.6 is 15.9 Å². The topological polar surface area (TPSA) is 0 Å². The van der Waals surface area contributed by atoms with Crippen LogP contribution in [0, 0.1) is 19.8 Å². The molecule has 1 aromatic rings. The summed E-state index contributed by atoms with van der Waals surface area (Å²) in [5.74, 6) is 1.40. The minimum Gasteiger partial charge on any atom is -0.0835 e. The van der Waals surface area contributed by atoms with Crippen molar-refractivity contribution in [3.8, 4) is 0 Å². The minimum atomic E-state index is 0.549. The molecule has 0 aliphatic heterocycles. The Labute approximate surface area is 94.8 Å². The molecule has 0 N–H and O–H groups in total. The number of benzene rings is 1. The Balaban J connectivity index is 2.63. The molecule has 0 nitrogen and oxygen atoms in total. The summed E-state index contributed by atoms with van der Waals surface area (Å²) in [6, 6.07) is 4.64. The van der Waals surface area contributed by atoms with Gasteiger partial charge in [0.2, 0.25) is 0 Å². The van der Waals surface area contributed by atoms with Crippen LogP contribution in [0.5, 0.6) is 0 Å². The molecule has 0 amide bonds. The third-order valence-corrected chi connectivity index (χ3v) is 4.87. The highest BCUT2D eigenvalue weighted by atomic mass is 79.9. The number of halogens is 1. The second-order valence-electron chi connectivity index (χ2n) is 4.63. The molecule has 76 valence electrons. The van der Waals surface area contributed by atoms with E-state index in [4.69, 9.17) is 0 Å². The number of rotatable bonds is 0. The summed E-state index contributed by atoms with van der Waals surface area (Å²) in [7, 11) is 0. The molecule has 3 atom stereocenters. The zero-order valence-corrected chi connectivity index (χ0v) is 10.9. The molecule has 1 aromatic carbocycles. The lowest BCUT2D eigenvalue weighted by Gasteiger charge is -2.12. The summed E-state index contributed by atoms with van der Waals surface area (Å²) in [5, 5.41) is 0. The van der Waals surface area contributed by atoms with E-state index in [9.17, 15) is 0 Å². The van der Waals surface area contributed by atoms with E-state index >= 15 is 0 Å². The van der Waals surface area contributed by atoms with E-state index in [0.717, 1.165) is 0 Å². The Bertz CT molecular complexity index is 368. The van der Waals surface area contributed by atoms with E-state index in [-0.39, 0.29) is 0 Å². The molecule has 0 saturated carbocycles. The molecule has 2 rings (SSSR count). The van der Waals surface area contributed by atoms with Crippen molar-refractivity contribution in [2.45, 2.75) is 38.4 Å². The van der Waals surface area contributed by atoms with Gasteiger partial charge in [-0.3, -0.25) is 0 Å². The van der Waals surface area contributed by atoms with Crippen LogP contribution in [0.4, 0.5) is 0 Å². The van der Waals surface area contributed by atoms with Gasteiger partial charge < -0.3 is 0 Å². The Morgan fingerprint density at radius 3 is 2.43 bits per heavy atom. The van der Waals surface area contributed by atoms with Crippen LogP contribution in [0.2, 0.25) is 0 Å². The highest BCUT2D eigenvalue weighted by Crippen LogP contribution is 2.50. The van der Waals surface area contributed by atoms with Gasteiger partial charge in [0.15, 0.2) is 0 Å². The van der Waals surface area contributed by atoms with Crippen LogP contribution in [0.3, 0.4) is 0 Å². The molecule has 0 spiro atoms. The van der Waals surface area contributed by atoms with Crippen LogP contribution in [-0.2, 0) is 0 Å². The first kappa shape index (κ1) is 10.2. The number of hydrogen-bond donors (Lipinski definition) is 0. The van der Waals surface area contributed by atoms with Crippen molar-refractivity contribution < 1.29 is 0 Å². The minimum absolute atomic E-state index is 0.549. The van der Waals surface area contributed by atoms with E-state index in [1.54, 1.807) is 5.56 Å². The summed E-state index contributed by atoms with van der Waals surface area (Å²) in [4.78, 5) is 0.549. The molecular formula is C13H17Br. The van der Waals surface area contributed by atoms with Gasteiger partial charge in [0.25, 0.3) is 0 Å². The highest BCUT2D eigenvalue weighted by molar-refractivity contribution is 9.09. The molecule has 1 aliphatic carbocycles. The summed E-state index contributed by atoms with van der Waals surface area (Å²) in [6.07, 6.45) is 0. The van der Waals surface area contributed by atoms with Gasteiger partial charge in [-0.25, -0.2) is 0 Å². The van der Waals surface area contributed by atoms with Crippen LogP contribution < -0.4 is 0 Å². The Kier molecular flexibility index (Phi) is 2.46. The molecule has 0 saturated heterocycles. The number of aryl methyl sites for hydroxylation is 2. The van der Waals surface area contributed by atoms with E-state index in [0.29, 0.717) is 16.7 Å². The van der Waals surface area contributed by atoms with Crippen LogP contribution in [0.25, 0.3) is 0 Å². The number of alkyl halides is 1. The first-order valence-corrected chi connectivity index (χ1v) is 6.19. The van der Waals surface area contributed by atoms with Crippen molar-refractivity contribution in [2.75, 3.05) is 0 Å². The van der Waals surface area contributed by atoms with E-state index in [2.05, 4.69) is 55.8 Å². The normalized spacial score (nSPS) is 30.5. The smallest absolute Gasteiger partial charge is 0.0432 e. The lowest BCUT2D eigenvalue weighted by Crippen LogP contribution is -1.99. The fourth-order valence-corrected chi connectivity index (χ4v) is 3.65. The fraction of sp³-hybridized carbons (Fsp3) is 0.538.